The molecule has 0 aromatic carbocycles. The number of aliphatic hydroxyl groups excluding tert-OH is 1. The quantitative estimate of drug-likeness (QED) is 0.745. The standard InChI is InChI=1S/C18H31N3O3/c1-12(2)24-18(23)10-21-14(4)16(13(3)20-21)9-19-17-8-6-5-7-15(17)11-22/h12,15,17,19,22H,5-11H2,1-4H3. The minimum Gasteiger partial charge on any atom is -0.462 e. The van der Waals surface area contributed by atoms with Gasteiger partial charge in [-0.25, -0.2) is 0 Å². The number of carbonyl (C=O) groups is 1. The number of nitrogens with one attached hydrogen (secondary N) is 1. The van der Waals surface area contributed by atoms with E-state index in [1.165, 1.54) is 12.8 Å². The van der Waals surface area contributed by atoms with E-state index in [1.54, 1.807) is 4.68 Å². The number of rotatable bonds is 7. The van der Waals surface area contributed by atoms with Gasteiger partial charge in [0.05, 0.1) is 11.8 Å². The maximum atomic E-state index is 11.9. The van der Waals surface area contributed by atoms with Gasteiger partial charge in [-0.05, 0) is 46.5 Å². The highest BCUT2D eigenvalue weighted by Gasteiger charge is 2.24. The minimum atomic E-state index is -0.261. The zero-order valence-electron chi connectivity index (χ0n) is 15.3. The highest BCUT2D eigenvalue weighted by Crippen LogP contribution is 2.24. The zero-order valence-corrected chi connectivity index (χ0v) is 15.3. The first kappa shape index (κ1) is 18.9. The molecule has 1 aliphatic rings. The molecule has 1 fully saturated rings. The van der Waals surface area contributed by atoms with Gasteiger partial charge in [0.25, 0.3) is 0 Å². The summed E-state index contributed by atoms with van der Waals surface area (Å²) in [4.78, 5) is 11.9. The number of esters is 1. The SMILES string of the molecule is Cc1nn(CC(=O)OC(C)C)c(C)c1CNC1CCCCC1CO. The van der Waals surface area contributed by atoms with Crippen LogP contribution in [-0.2, 0) is 22.6 Å². The van der Waals surface area contributed by atoms with Crippen LogP contribution in [0.3, 0.4) is 0 Å². The van der Waals surface area contributed by atoms with Crippen LogP contribution in [0.25, 0.3) is 0 Å². The van der Waals surface area contributed by atoms with Gasteiger partial charge in [0.1, 0.15) is 6.54 Å². The van der Waals surface area contributed by atoms with E-state index in [0.29, 0.717) is 12.0 Å². The van der Waals surface area contributed by atoms with E-state index >= 15 is 0 Å². The van der Waals surface area contributed by atoms with E-state index in [0.717, 1.165) is 36.3 Å². The lowest BCUT2D eigenvalue weighted by Crippen LogP contribution is -2.39. The molecule has 6 nitrogen and oxygen atoms in total. The van der Waals surface area contributed by atoms with Crippen molar-refractivity contribution in [1.82, 2.24) is 15.1 Å². The number of ether oxygens (including phenoxy) is 1. The number of aryl methyl sites for hydroxylation is 1. The van der Waals surface area contributed by atoms with Crippen molar-refractivity contribution in [3.8, 4) is 0 Å². The Bertz CT molecular complexity index is 554. The summed E-state index contributed by atoms with van der Waals surface area (Å²) >= 11 is 0. The molecule has 2 N–H and O–H groups in total. The average molecular weight is 337 g/mol. The number of nitrogens with zero attached hydrogens (tertiary/aromatic N) is 2. The molecule has 0 spiro atoms. The maximum Gasteiger partial charge on any atom is 0.328 e. The Morgan fingerprint density at radius 3 is 2.75 bits per heavy atom. The third-order valence-corrected chi connectivity index (χ3v) is 4.86. The molecule has 2 unspecified atom stereocenters. The van der Waals surface area contributed by atoms with E-state index in [1.807, 2.05) is 27.7 Å². The predicted octanol–water partition coefficient (Wildman–Crippen LogP) is 2.09. The highest BCUT2D eigenvalue weighted by atomic mass is 16.5. The van der Waals surface area contributed by atoms with E-state index in [2.05, 4.69) is 10.4 Å². The predicted molar refractivity (Wildman–Crippen MR) is 92.6 cm³/mol. The molecule has 1 heterocycles. The third kappa shape index (κ3) is 4.80. The van der Waals surface area contributed by atoms with Gasteiger partial charge in [0, 0.05) is 30.5 Å². The molecule has 0 saturated heterocycles. The van der Waals surface area contributed by atoms with Gasteiger partial charge in [0.2, 0.25) is 0 Å². The Balaban J connectivity index is 1.99. The van der Waals surface area contributed by atoms with Crippen LogP contribution >= 0.6 is 0 Å². The highest BCUT2D eigenvalue weighted by molar-refractivity contribution is 5.69. The second-order valence-corrected chi connectivity index (χ2v) is 7.06. The average Bonchev–Trinajstić information content (AvgIpc) is 2.78. The monoisotopic (exact) mass is 337 g/mol. The van der Waals surface area contributed by atoms with Crippen LogP contribution in [-0.4, -0.2) is 39.6 Å². The fourth-order valence-corrected chi connectivity index (χ4v) is 3.49. The van der Waals surface area contributed by atoms with E-state index in [9.17, 15) is 9.90 Å². The normalized spacial score (nSPS) is 21.2. The third-order valence-electron chi connectivity index (χ3n) is 4.86. The lowest BCUT2D eigenvalue weighted by atomic mass is 9.85. The van der Waals surface area contributed by atoms with Crippen LogP contribution in [0.1, 0.15) is 56.5 Å². The molecule has 1 saturated carbocycles. The van der Waals surface area contributed by atoms with Crippen LogP contribution in [0.2, 0.25) is 0 Å². The molecule has 24 heavy (non-hydrogen) atoms. The van der Waals surface area contributed by atoms with Gasteiger partial charge in [-0.1, -0.05) is 12.8 Å². The van der Waals surface area contributed by atoms with Crippen molar-refractivity contribution in [2.45, 2.75) is 78.6 Å². The molecule has 1 aromatic heterocycles. The van der Waals surface area contributed by atoms with Gasteiger partial charge >= 0.3 is 5.97 Å². The number of aromatic nitrogens is 2. The van der Waals surface area contributed by atoms with Crippen LogP contribution in [0.15, 0.2) is 0 Å². The summed E-state index contributed by atoms with van der Waals surface area (Å²) in [6.07, 6.45) is 4.51. The smallest absolute Gasteiger partial charge is 0.328 e. The molecular weight excluding hydrogens is 306 g/mol. The van der Waals surface area contributed by atoms with Crippen molar-refractivity contribution in [1.29, 1.82) is 0 Å². The Labute approximate surface area is 144 Å². The summed E-state index contributed by atoms with van der Waals surface area (Å²) in [6, 6.07) is 0.358. The fourth-order valence-electron chi connectivity index (χ4n) is 3.49. The number of carbonyl (C=O) groups excluding carboxylic acids is 1. The van der Waals surface area contributed by atoms with Gasteiger partial charge < -0.3 is 15.2 Å². The minimum absolute atomic E-state index is 0.114. The van der Waals surface area contributed by atoms with Gasteiger partial charge in [-0.2, -0.15) is 5.10 Å². The lowest BCUT2D eigenvalue weighted by molar-refractivity contribution is -0.148. The van der Waals surface area contributed by atoms with Crippen molar-refractivity contribution >= 4 is 5.97 Å². The van der Waals surface area contributed by atoms with Crippen LogP contribution in [0.4, 0.5) is 0 Å². The summed E-state index contributed by atoms with van der Waals surface area (Å²) in [7, 11) is 0. The first-order chi connectivity index (χ1) is 11.4. The summed E-state index contributed by atoms with van der Waals surface area (Å²) in [5.41, 5.74) is 3.07. The molecule has 6 heteroatoms. The van der Waals surface area contributed by atoms with Gasteiger partial charge in [-0.3, -0.25) is 9.48 Å². The summed E-state index contributed by atoms with van der Waals surface area (Å²) in [5, 5.41) is 17.6. The first-order valence-corrected chi connectivity index (χ1v) is 8.99. The largest absolute Gasteiger partial charge is 0.462 e. The summed E-state index contributed by atoms with van der Waals surface area (Å²) in [6.45, 7) is 8.76. The van der Waals surface area contributed by atoms with Crippen molar-refractivity contribution in [2.24, 2.45) is 5.92 Å². The molecule has 1 aromatic rings. The number of hydrogen-bond acceptors (Lipinski definition) is 5. The van der Waals surface area contributed by atoms with E-state index in [-0.39, 0.29) is 25.2 Å². The maximum absolute atomic E-state index is 11.9. The Morgan fingerprint density at radius 2 is 2.08 bits per heavy atom. The molecule has 2 atom stereocenters. The van der Waals surface area contributed by atoms with E-state index < -0.39 is 0 Å². The van der Waals surface area contributed by atoms with Crippen molar-refractivity contribution in [2.75, 3.05) is 6.61 Å². The molecule has 0 radical (unpaired) electrons. The van der Waals surface area contributed by atoms with Crippen molar-refractivity contribution in [3.63, 3.8) is 0 Å². The van der Waals surface area contributed by atoms with Crippen molar-refractivity contribution < 1.29 is 14.6 Å². The molecule has 1 aliphatic carbocycles. The summed E-state index contributed by atoms with van der Waals surface area (Å²) in [5.74, 6) is 0.0816. The molecule has 136 valence electrons. The fraction of sp³-hybridized carbons (Fsp3) is 0.778. The lowest BCUT2D eigenvalue weighted by Gasteiger charge is -2.31. The van der Waals surface area contributed by atoms with Crippen LogP contribution in [0.5, 0.6) is 0 Å². The summed E-state index contributed by atoms with van der Waals surface area (Å²) < 4.78 is 6.92. The second-order valence-electron chi connectivity index (χ2n) is 7.06. The zero-order chi connectivity index (χ0) is 17.7. The van der Waals surface area contributed by atoms with Crippen molar-refractivity contribution in [3.05, 3.63) is 17.0 Å². The molecule has 0 aliphatic heterocycles. The molecule has 0 bridgehead atoms. The first-order valence-electron chi connectivity index (χ1n) is 8.99. The molecular formula is C18H31N3O3. The van der Waals surface area contributed by atoms with Crippen LogP contribution < -0.4 is 5.32 Å². The van der Waals surface area contributed by atoms with Gasteiger partial charge in [-0.15, -0.1) is 0 Å². The second kappa shape index (κ2) is 8.62. The van der Waals surface area contributed by atoms with E-state index in [4.69, 9.17) is 4.74 Å². The number of hydrogen-bond donors (Lipinski definition) is 2. The topological polar surface area (TPSA) is 76.4 Å². The van der Waals surface area contributed by atoms with Crippen LogP contribution in [0, 0.1) is 19.8 Å². The molecule has 0 amide bonds. The van der Waals surface area contributed by atoms with Gasteiger partial charge in [0.15, 0.2) is 0 Å². The molecule has 2 rings (SSSR count). The Hall–Kier alpha value is -1.40. The Morgan fingerprint density at radius 1 is 1.38 bits per heavy atom. The Kier molecular flexibility index (Phi) is 6.80. The number of aliphatic hydroxyl groups is 1.